The van der Waals surface area contributed by atoms with E-state index >= 15 is 0 Å². The SMILES string of the molecule is CN1CCN(c2nccc(N3CCNCC3)n2)CC1. The summed E-state index contributed by atoms with van der Waals surface area (Å²) in [6.45, 7) is 8.32. The van der Waals surface area contributed by atoms with E-state index in [1.165, 1.54) is 0 Å². The van der Waals surface area contributed by atoms with Gasteiger partial charge >= 0.3 is 0 Å². The molecule has 3 rings (SSSR count). The van der Waals surface area contributed by atoms with Gasteiger partial charge in [-0.15, -0.1) is 0 Å². The molecule has 2 saturated heterocycles. The minimum atomic E-state index is 0.879. The third-order valence-electron chi connectivity index (χ3n) is 3.86. The van der Waals surface area contributed by atoms with Crippen LogP contribution in [0.3, 0.4) is 0 Å². The van der Waals surface area contributed by atoms with Gasteiger partial charge in [0.05, 0.1) is 0 Å². The normalized spacial score (nSPS) is 21.7. The van der Waals surface area contributed by atoms with Crippen molar-refractivity contribution in [3.05, 3.63) is 12.3 Å². The van der Waals surface area contributed by atoms with Crippen molar-refractivity contribution in [1.82, 2.24) is 20.2 Å². The maximum atomic E-state index is 4.74. The molecule has 0 amide bonds. The molecule has 2 aliphatic rings. The smallest absolute Gasteiger partial charge is 0.227 e. The fraction of sp³-hybridized carbons (Fsp3) is 0.692. The van der Waals surface area contributed by atoms with Gasteiger partial charge in [0.15, 0.2) is 0 Å². The van der Waals surface area contributed by atoms with E-state index in [-0.39, 0.29) is 0 Å². The zero-order valence-electron chi connectivity index (χ0n) is 11.5. The lowest BCUT2D eigenvalue weighted by Crippen LogP contribution is -2.46. The molecule has 0 unspecified atom stereocenters. The van der Waals surface area contributed by atoms with Gasteiger partial charge in [0.2, 0.25) is 5.95 Å². The molecule has 0 radical (unpaired) electrons. The maximum Gasteiger partial charge on any atom is 0.227 e. The third-order valence-corrected chi connectivity index (χ3v) is 3.86. The van der Waals surface area contributed by atoms with Crippen molar-refractivity contribution >= 4 is 11.8 Å². The fourth-order valence-electron chi connectivity index (χ4n) is 2.57. The number of hydrogen-bond acceptors (Lipinski definition) is 6. The number of rotatable bonds is 2. The van der Waals surface area contributed by atoms with Crippen molar-refractivity contribution in [3.63, 3.8) is 0 Å². The molecular formula is C13H22N6. The molecule has 0 aromatic carbocycles. The molecule has 104 valence electrons. The zero-order valence-corrected chi connectivity index (χ0v) is 11.5. The molecule has 0 atom stereocenters. The topological polar surface area (TPSA) is 47.5 Å². The van der Waals surface area contributed by atoms with Gasteiger partial charge in [-0.2, -0.15) is 4.98 Å². The van der Waals surface area contributed by atoms with E-state index in [1.807, 2.05) is 12.3 Å². The highest BCUT2D eigenvalue weighted by Crippen LogP contribution is 2.16. The number of nitrogens with zero attached hydrogens (tertiary/aromatic N) is 5. The Morgan fingerprint density at radius 1 is 1.00 bits per heavy atom. The lowest BCUT2D eigenvalue weighted by molar-refractivity contribution is 0.311. The molecule has 0 aliphatic carbocycles. The molecule has 1 aromatic heterocycles. The Labute approximate surface area is 114 Å². The van der Waals surface area contributed by atoms with Gasteiger partial charge in [0, 0.05) is 58.6 Å². The summed E-state index contributed by atoms with van der Waals surface area (Å²) in [4.78, 5) is 16.1. The van der Waals surface area contributed by atoms with Crippen LogP contribution in [0.4, 0.5) is 11.8 Å². The summed E-state index contributed by atoms with van der Waals surface area (Å²) in [6, 6.07) is 2.02. The van der Waals surface area contributed by atoms with E-state index in [9.17, 15) is 0 Å². The third kappa shape index (κ3) is 2.96. The molecule has 2 aliphatic heterocycles. The molecule has 1 aromatic rings. The van der Waals surface area contributed by atoms with Crippen molar-refractivity contribution in [1.29, 1.82) is 0 Å². The first-order valence-electron chi connectivity index (χ1n) is 7.05. The monoisotopic (exact) mass is 262 g/mol. The zero-order chi connectivity index (χ0) is 13.1. The Bertz CT molecular complexity index is 409. The molecule has 0 saturated carbocycles. The first kappa shape index (κ1) is 12.6. The summed E-state index contributed by atoms with van der Waals surface area (Å²) < 4.78 is 0. The van der Waals surface area contributed by atoms with Crippen molar-refractivity contribution in [2.75, 3.05) is 69.2 Å². The Hall–Kier alpha value is -1.40. The van der Waals surface area contributed by atoms with Crippen LogP contribution in [0.25, 0.3) is 0 Å². The van der Waals surface area contributed by atoms with Gasteiger partial charge in [-0.1, -0.05) is 0 Å². The molecule has 0 spiro atoms. The lowest BCUT2D eigenvalue weighted by atomic mass is 10.3. The summed E-state index contributed by atoms with van der Waals surface area (Å²) in [5, 5.41) is 3.37. The summed E-state index contributed by atoms with van der Waals surface area (Å²) >= 11 is 0. The summed E-state index contributed by atoms with van der Waals surface area (Å²) in [6.07, 6.45) is 1.89. The Morgan fingerprint density at radius 3 is 2.47 bits per heavy atom. The highest BCUT2D eigenvalue weighted by atomic mass is 15.3. The van der Waals surface area contributed by atoms with Gasteiger partial charge < -0.3 is 20.0 Å². The number of anilines is 2. The van der Waals surface area contributed by atoms with Crippen LogP contribution >= 0.6 is 0 Å². The fourth-order valence-corrected chi connectivity index (χ4v) is 2.57. The predicted octanol–water partition coefficient (Wildman–Crippen LogP) is -0.362. The molecule has 6 nitrogen and oxygen atoms in total. The van der Waals surface area contributed by atoms with Gasteiger partial charge in [0.1, 0.15) is 5.82 Å². The number of likely N-dealkylation sites (N-methyl/N-ethyl adjacent to an activating group) is 1. The highest BCUT2D eigenvalue weighted by molar-refractivity contribution is 5.44. The number of hydrogen-bond donors (Lipinski definition) is 1. The van der Waals surface area contributed by atoms with Crippen molar-refractivity contribution in [3.8, 4) is 0 Å². The average Bonchev–Trinajstić information content (AvgIpc) is 2.49. The summed E-state index contributed by atoms with van der Waals surface area (Å²) in [5.74, 6) is 1.94. The Balaban J connectivity index is 1.72. The van der Waals surface area contributed by atoms with E-state index in [0.29, 0.717) is 0 Å². The van der Waals surface area contributed by atoms with Crippen molar-refractivity contribution < 1.29 is 0 Å². The van der Waals surface area contributed by atoms with Crippen molar-refractivity contribution in [2.45, 2.75) is 0 Å². The van der Waals surface area contributed by atoms with Crippen LogP contribution in [0.15, 0.2) is 12.3 Å². The van der Waals surface area contributed by atoms with Crippen LogP contribution in [0.1, 0.15) is 0 Å². The van der Waals surface area contributed by atoms with Crippen LogP contribution in [0, 0.1) is 0 Å². The molecule has 2 fully saturated rings. The Kier molecular flexibility index (Phi) is 3.79. The molecule has 19 heavy (non-hydrogen) atoms. The van der Waals surface area contributed by atoms with Crippen LogP contribution in [0.5, 0.6) is 0 Å². The second-order valence-electron chi connectivity index (χ2n) is 5.24. The average molecular weight is 262 g/mol. The highest BCUT2D eigenvalue weighted by Gasteiger charge is 2.18. The van der Waals surface area contributed by atoms with Gasteiger partial charge in [-0.25, -0.2) is 4.98 Å². The van der Waals surface area contributed by atoms with Crippen LogP contribution in [-0.4, -0.2) is 74.3 Å². The number of nitrogens with one attached hydrogen (secondary N) is 1. The molecule has 6 heteroatoms. The van der Waals surface area contributed by atoms with Crippen LogP contribution in [-0.2, 0) is 0 Å². The first-order chi connectivity index (χ1) is 9.33. The Morgan fingerprint density at radius 2 is 1.74 bits per heavy atom. The van der Waals surface area contributed by atoms with Gasteiger partial charge in [-0.05, 0) is 13.1 Å². The molecular weight excluding hydrogens is 240 g/mol. The molecule has 0 bridgehead atoms. The van der Waals surface area contributed by atoms with Crippen LogP contribution < -0.4 is 15.1 Å². The molecule has 3 heterocycles. The van der Waals surface area contributed by atoms with E-state index in [1.54, 1.807) is 0 Å². The van der Waals surface area contributed by atoms with Gasteiger partial charge in [-0.3, -0.25) is 0 Å². The van der Waals surface area contributed by atoms with E-state index in [0.717, 1.165) is 64.1 Å². The quantitative estimate of drug-likeness (QED) is 0.785. The van der Waals surface area contributed by atoms with Gasteiger partial charge in [0.25, 0.3) is 0 Å². The second kappa shape index (κ2) is 5.71. The van der Waals surface area contributed by atoms with Crippen molar-refractivity contribution in [2.24, 2.45) is 0 Å². The first-order valence-corrected chi connectivity index (χ1v) is 7.05. The maximum absolute atomic E-state index is 4.74. The molecule has 1 N–H and O–H groups in total. The summed E-state index contributed by atoms with van der Waals surface area (Å²) in [7, 11) is 2.16. The number of piperazine rings is 2. The minimum absolute atomic E-state index is 0.879. The summed E-state index contributed by atoms with van der Waals surface area (Å²) in [5.41, 5.74) is 0. The van der Waals surface area contributed by atoms with E-state index < -0.39 is 0 Å². The van der Waals surface area contributed by atoms with Crippen LogP contribution in [0.2, 0.25) is 0 Å². The minimum Gasteiger partial charge on any atom is -0.354 e. The van der Waals surface area contributed by atoms with E-state index in [2.05, 4.69) is 32.0 Å². The second-order valence-corrected chi connectivity index (χ2v) is 5.24. The number of aromatic nitrogens is 2. The predicted molar refractivity (Wildman–Crippen MR) is 76.8 cm³/mol. The standard InChI is InChI=1S/C13H22N6/c1-17-8-10-19(11-9-17)13-15-3-2-12(16-13)18-6-4-14-5-7-18/h2-3,14H,4-11H2,1H3. The van der Waals surface area contributed by atoms with E-state index in [4.69, 9.17) is 4.98 Å². The largest absolute Gasteiger partial charge is 0.354 e. The lowest BCUT2D eigenvalue weighted by Gasteiger charge is -2.33.